The summed E-state index contributed by atoms with van der Waals surface area (Å²) < 4.78 is 7.68. The molecule has 0 radical (unpaired) electrons. The van der Waals surface area contributed by atoms with Gasteiger partial charge in [-0.15, -0.1) is 0 Å². The van der Waals surface area contributed by atoms with E-state index < -0.39 is 0 Å². The molecule has 0 aliphatic carbocycles. The van der Waals surface area contributed by atoms with E-state index >= 15 is 0 Å². The smallest absolute Gasteiger partial charge is 0.143 e. The number of hydrogen-bond donors (Lipinski definition) is 0. The van der Waals surface area contributed by atoms with E-state index in [0.29, 0.717) is 0 Å². The third-order valence-corrected chi connectivity index (χ3v) is 3.98. The van der Waals surface area contributed by atoms with Gasteiger partial charge in [0, 0.05) is 21.2 Å². The summed E-state index contributed by atoms with van der Waals surface area (Å²) in [5, 5.41) is 6.24. The SMILES string of the molecule is CCC(N=[N+]=[N-])n1c2ccccc2c2cc(C)cc(OC)c21. The molecule has 0 spiro atoms. The van der Waals surface area contributed by atoms with Crippen LogP contribution in [0.1, 0.15) is 25.1 Å². The highest BCUT2D eigenvalue weighted by Crippen LogP contribution is 2.38. The number of aromatic nitrogens is 1. The summed E-state index contributed by atoms with van der Waals surface area (Å²) in [5.74, 6) is 0.804. The normalized spacial score (nSPS) is 12.3. The van der Waals surface area contributed by atoms with Gasteiger partial charge in [0.1, 0.15) is 11.9 Å². The summed E-state index contributed by atoms with van der Waals surface area (Å²) in [7, 11) is 1.67. The maximum absolute atomic E-state index is 8.90. The summed E-state index contributed by atoms with van der Waals surface area (Å²) in [6.45, 7) is 4.07. The van der Waals surface area contributed by atoms with Gasteiger partial charge in [-0.25, -0.2) is 0 Å². The second-order valence-corrected chi connectivity index (χ2v) is 5.34. The molecule has 0 bridgehead atoms. The first kappa shape index (κ1) is 14.3. The fourth-order valence-corrected chi connectivity index (χ4v) is 3.07. The molecule has 0 N–H and O–H groups in total. The Kier molecular flexibility index (Phi) is 3.65. The van der Waals surface area contributed by atoms with Gasteiger partial charge < -0.3 is 9.30 Å². The third kappa shape index (κ3) is 2.07. The van der Waals surface area contributed by atoms with Crippen molar-refractivity contribution in [3.63, 3.8) is 0 Å². The number of para-hydroxylation sites is 1. The summed E-state index contributed by atoms with van der Waals surface area (Å²) >= 11 is 0. The Morgan fingerprint density at radius 1 is 1.27 bits per heavy atom. The van der Waals surface area contributed by atoms with Gasteiger partial charge in [0.2, 0.25) is 0 Å². The Hall–Kier alpha value is -2.65. The van der Waals surface area contributed by atoms with Gasteiger partial charge in [0.05, 0.1) is 12.6 Å². The van der Waals surface area contributed by atoms with Crippen LogP contribution in [0.3, 0.4) is 0 Å². The fourth-order valence-electron chi connectivity index (χ4n) is 3.07. The molecule has 3 aromatic rings. The molecule has 2 aromatic carbocycles. The van der Waals surface area contributed by atoms with Crippen LogP contribution < -0.4 is 4.74 Å². The minimum absolute atomic E-state index is 0.274. The van der Waals surface area contributed by atoms with E-state index in [4.69, 9.17) is 10.3 Å². The average Bonchev–Trinajstić information content (AvgIpc) is 2.86. The van der Waals surface area contributed by atoms with Crippen molar-refractivity contribution < 1.29 is 4.74 Å². The number of hydrogen-bond acceptors (Lipinski definition) is 2. The Bertz CT molecular complexity index is 890. The monoisotopic (exact) mass is 294 g/mol. The predicted molar refractivity (Wildman–Crippen MR) is 89.2 cm³/mol. The van der Waals surface area contributed by atoms with Crippen LogP contribution in [-0.2, 0) is 0 Å². The molecule has 0 aliphatic rings. The van der Waals surface area contributed by atoms with Crippen LogP contribution in [-0.4, -0.2) is 11.7 Å². The van der Waals surface area contributed by atoms with Crippen LogP contribution in [0.5, 0.6) is 5.75 Å². The van der Waals surface area contributed by atoms with Gasteiger partial charge in [0.25, 0.3) is 0 Å². The van der Waals surface area contributed by atoms with Gasteiger partial charge in [-0.05, 0) is 42.6 Å². The molecule has 1 unspecified atom stereocenters. The molecule has 0 saturated heterocycles. The lowest BCUT2D eigenvalue weighted by molar-refractivity contribution is 0.414. The Morgan fingerprint density at radius 3 is 2.73 bits per heavy atom. The summed E-state index contributed by atoms with van der Waals surface area (Å²) in [6.07, 6.45) is 0.443. The highest BCUT2D eigenvalue weighted by atomic mass is 16.5. The minimum atomic E-state index is -0.274. The molecule has 0 aliphatic heterocycles. The quantitative estimate of drug-likeness (QED) is 0.364. The summed E-state index contributed by atoms with van der Waals surface area (Å²) in [6, 6.07) is 12.3. The first-order valence-corrected chi connectivity index (χ1v) is 7.32. The van der Waals surface area contributed by atoms with Crippen LogP contribution in [0.4, 0.5) is 0 Å². The van der Waals surface area contributed by atoms with Crippen molar-refractivity contribution in [2.45, 2.75) is 26.4 Å². The molecule has 5 nitrogen and oxygen atoms in total. The van der Waals surface area contributed by atoms with Gasteiger partial charge in [-0.1, -0.05) is 30.2 Å². The van der Waals surface area contributed by atoms with E-state index in [1.165, 1.54) is 0 Å². The highest BCUT2D eigenvalue weighted by Gasteiger charge is 2.19. The van der Waals surface area contributed by atoms with E-state index in [0.717, 1.165) is 39.5 Å². The molecule has 0 saturated carbocycles. The number of rotatable bonds is 4. The average molecular weight is 294 g/mol. The number of fused-ring (bicyclic) bond motifs is 3. The lowest BCUT2D eigenvalue weighted by atomic mass is 10.1. The van der Waals surface area contributed by atoms with Gasteiger partial charge in [-0.2, -0.15) is 0 Å². The van der Waals surface area contributed by atoms with Crippen molar-refractivity contribution in [2.75, 3.05) is 7.11 Å². The maximum atomic E-state index is 8.90. The molecule has 22 heavy (non-hydrogen) atoms. The number of nitrogens with zero attached hydrogens (tertiary/aromatic N) is 4. The number of aryl methyl sites for hydroxylation is 1. The Morgan fingerprint density at radius 2 is 2.05 bits per heavy atom. The van der Waals surface area contributed by atoms with E-state index in [-0.39, 0.29) is 6.17 Å². The van der Waals surface area contributed by atoms with Crippen LogP contribution in [0.15, 0.2) is 41.5 Å². The van der Waals surface area contributed by atoms with Crippen LogP contribution in [0, 0.1) is 6.92 Å². The molecular formula is C17H18N4O. The zero-order valence-electron chi connectivity index (χ0n) is 12.9. The van der Waals surface area contributed by atoms with E-state index in [1.54, 1.807) is 7.11 Å². The number of ether oxygens (including phenoxy) is 1. The molecule has 1 atom stereocenters. The van der Waals surface area contributed by atoms with Gasteiger partial charge >= 0.3 is 0 Å². The lowest BCUT2D eigenvalue weighted by Crippen LogP contribution is -2.05. The summed E-state index contributed by atoms with van der Waals surface area (Å²) in [5.41, 5.74) is 12.1. The van der Waals surface area contributed by atoms with Crippen LogP contribution in [0.25, 0.3) is 32.2 Å². The van der Waals surface area contributed by atoms with Crippen LogP contribution in [0.2, 0.25) is 0 Å². The predicted octanol–water partition coefficient (Wildman–Crippen LogP) is 5.33. The molecule has 0 amide bonds. The first-order valence-electron chi connectivity index (χ1n) is 7.32. The van der Waals surface area contributed by atoms with Crippen molar-refractivity contribution in [1.29, 1.82) is 0 Å². The minimum Gasteiger partial charge on any atom is -0.495 e. The molecule has 0 fully saturated rings. The van der Waals surface area contributed by atoms with E-state index in [9.17, 15) is 0 Å². The van der Waals surface area contributed by atoms with Crippen molar-refractivity contribution in [2.24, 2.45) is 5.11 Å². The second kappa shape index (κ2) is 5.62. The summed E-state index contributed by atoms with van der Waals surface area (Å²) in [4.78, 5) is 3.01. The maximum Gasteiger partial charge on any atom is 0.143 e. The Balaban J connectivity index is 2.53. The zero-order valence-corrected chi connectivity index (χ0v) is 12.9. The largest absolute Gasteiger partial charge is 0.495 e. The van der Waals surface area contributed by atoms with Crippen molar-refractivity contribution in [3.05, 3.63) is 52.4 Å². The van der Waals surface area contributed by atoms with E-state index in [2.05, 4.69) is 39.7 Å². The standard InChI is InChI=1S/C17H18N4O/c1-4-16(19-20-18)21-14-8-6-5-7-12(14)13-9-11(2)10-15(22-3)17(13)21/h5-10,16H,4H2,1-3H3. The number of methoxy groups -OCH3 is 1. The molecular weight excluding hydrogens is 276 g/mol. The van der Waals surface area contributed by atoms with Crippen molar-refractivity contribution >= 4 is 21.8 Å². The van der Waals surface area contributed by atoms with E-state index in [1.807, 2.05) is 25.1 Å². The van der Waals surface area contributed by atoms with Gasteiger partial charge in [0.15, 0.2) is 0 Å². The second-order valence-electron chi connectivity index (χ2n) is 5.34. The number of azide groups is 1. The molecule has 112 valence electrons. The zero-order chi connectivity index (χ0) is 15.7. The van der Waals surface area contributed by atoms with Crippen molar-refractivity contribution in [3.8, 4) is 5.75 Å². The van der Waals surface area contributed by atoms with Gasteiger partial charge in [-0.3, -0.25) is 0 Å². The molecule has 1 aromatic heterocycles. The third-order valence-electron chi connectivity index (χ3n) is 3.98. The lowest BCUT2D eigenvalue weighted by Gasteiger charge is -2.16. The topological polar surface area (TPSA) is 62.9 Å². The van der Waals surface area contributed by atoms with Crippen LogP contribution >= 0.6 is 0 Å². The highest BCUT2D eigenvalue weighted by molar-refractivity contribution is 6.10. The fraction of sp³-hybridized carbons (Fsp3) is 0.294. The number of benzene rings is 2. The molecule has 5 heteroatoms. The molecule has 1 heterocycles. The first-order chi connectivity index (χ1) is 10.7. The Labute approximate surface area is 128 Å². The van der Waals surface area contributed by atoms with Crippen molar-refractivity contribution in [1.82, 2.24) is 4.57 Å². The molecule has 3 rings (SSSR count).